The van der Waals surface area contributed by atoms with Crippen molar-refractivity contribution in [3.05, 3.63) is 65.3 Å². The lowest BCUT2D eigenvalue weighted by Gasteiger charge is -2.05. The van der Waals surface area contributed by atoms with Crippen LogP contribution in [0.2, 0.25) is 5.02 Å². The first-order valence-electron chi connectivity index (χ1n) is 7.50. The third kappa shape index (κ3) is 2.84. The highest BCUT2D eigenvalue weighted by atomic mass is 35.5. The molecule has 0 aliphatic rings. The molecule has 0 saturated carbocycles. The molecule has 0 fully saturated rings. The quantitative estimate of drug-likeness (QED) is 0.589. The van der Waals surface area contributed by atoms with Crippen molar-refractivity contribution in [2.75, 3.05) is 5.32 Å². The first-order valence-corrected chi connectivity index (χ1v) is 7.88. The largest absolute Gasteiger partial charge is 0.324 e. The number of benzene rings is 1. The molecule has 0 bridgehead atoms. The number of pyridine rings is 1. The van der Waals surface area contributed by atoms with Crippen LogP contribution < -0.4 is 5.32 Å². The summed E-state index contributed by atoms with van der Waals surface area (Å²) in [6.07, 6.45) is 5.17. The van der Waals surface area contributed by atoms with Crippen molar-refractivity contribution < 1.29 is 8.78 Å². The van der Waals surface area contributed by atoms with Crippen LogP contribution in [0.5, 0.6) is 0 Å². The number of para-hydroxylation sites is 1. The van der Waals surface area contributed by atoms with Crippen LogP contribution in [0.4, 0.5) is 20.4 Å². The summed E-state index contributed by atoms with van der Waals surface area (Å²) in [6, 6.07) is 5.79. The van der Waals surface area contributed by atoms with Gasteiger partial charge < -0.3 is 5.32 Å². The fourth-order valence-corrected chi connectivity index (χ4v) is 2.75. The molecule has 6 nitrogen and oxygen atoms in total. The minimum absolute atomic E-state index is 0.0246. The van der Waals surface area contributed by atoms with Crippen molar-refractivity contribution in [1.29, 1.82) is 0 Å². The average Bonchev–Trinajstić information content (AvgIpc) is 3.03. The highest BCUT2D eigenvalue weighted by molar-refractivity contribution is 6.32. The first-order chi connectivity index (χ1) is 12.5. The molecular weight excluding hydrogens is 362 g/mol. The molecule has 0 unspecified atom stereocenters. The van der Waals surface area contributed by atoms with Crippen LogP contribution in [0.15, 0.2) is 36.7 Å². The van der Waals surface area contributed by atoms with Gasteiger partial charge in [0.1, 0.15) is 34.5 Å². The van der Waals surface area contributed by atoms with Gasteiger partial charge in [-0.3, -0.25) is 0 Å². The molecule has 4 aromatic rings. The van der Waals surface area contributed by atoms with E-state index in [9.17, 15) is 8.78 Å². The predicted molar refractivity (Wildman–Crippen MR) is 92.7 cm³/mol. The van der Waals surface area contributed by atoms with Gasteiger partial charge in [0.15, 0.2) is 5.82 Å². The van der Waals surface area contributed by atoms with E-state index in [-0.39, 0.29) is 16.2 Å². The summed E-state index contributed by atoms with van der Waals surface area (Å²) in [7, 11) is 0. The highest BCUT2D eigenvalue weighted by Gasteiger charge is 2.17. The van der Waals surface area contributed by atoms with Gasteiger partial charge in [0.25, 0.3) is 0 Å². The Hall–Kier alpha value is -3.13. The van der Waals surface area contributed by atoms with Gasteiger partial charge in [-0.05, 0) is 19.1 Å². The lowest BCUT2D eigenvalue weighted by atomic mass is 10.3. The number of rotatable bonds is 3. The van der Waals surface area contributed by atoms with Crippen LogP contribution in [-0.2, 0) is 0 Å². The lowest BCUT2D eigenvalue weighted by Crippen LogP contribution is -1.99. The highest BCUT2D eigenvalue weighted by Crippen LogP contribution is 2.29. The molecule has 129 valence electrons. The summed E-state index contributed by atoms with van der Waals surface area (Å²) in [4.78, 5) is 12.1. The molecule has 3 heterocycles. The smallest absolute Gasteiger partial charge is 0.169 e. The standard InChI is InChI=1S/C17H10ClF2N6/c1-9-21-6-5-14(23-9)24-17-10-8-26(25-15(10)13(20)7-22-17)16-11(18)3-2-4-12(16)19/h2-5,7-8H,1H3,(H,21,22,23,24). The van der Waals surface area contributed by atoms with Gasteiger partial charge in [-0.15, -0.1) is 0 Å². The Morgan fingerprint density at radius 2 is 2.08 bits per heavy atom. The van der Waals surface area contributed by atoms with E-state index < -0.39 is 11.6 Å². The summed E-state index contributed by atoms with van der Waals surface area (Å²) < 4.78 is 29.5. The van der Waals surface area contributed by atoms with Crippen molar-refractivity contribution in [2.45, 2.75) is 6.92 Å². The zero-order chi connectivity index (χ0) is 18.3. The second-order valence-electron chi connectivity index (χ2n) is 5.42. The molecule has 9 heteroatoms. The van der Waals surface area contributed by atoms with E-state index in [0.717, 1.165) is 6.20 Å². The van der Waals surface area contributed by atoms with E-state index in [1.54, 1.807) is 6.92 Å². The van der Waals surface area contributed by atoms with E-state index in [1.165, 1.54) is 35.1 Å². The number of nitrogens with zero attached hydrogens (tertiary/aromatic N) is 5. The Balaban J connectivity index is 1.86. The fraction of sp³-hybridized carbons (Fsp3) is 0.0588. The number of aryl methyl sites for hydroxylation is 1. The SMILES string of the molecule is Cc1n[c]cc(Nc2ncc(F)c3nn(-c4c(F)cccc4Cl)cc23)n1. The van der Waals surface area contributed by atoms with Crippen LogP contribution in [0.3, 0.4) is 0 Å². The Kier molecular flexibility index (Phi) is 3.96. The molecule has 26 heavy (non-hydrogen) atoms. The number of halogens is 3. The monoisotopic (exact) mass is 371 g/mol. The summed E-state index contributed by atoms with van der Waals surface area (Å²) in [5, 5.41) is 7.59. The molecule has 1 aromatic carbocycles. The van der Waals surface area contributed by atoms with Gasteiger partial charge >= 0.3 is 0 Å². The molecule has 0 aliphatic heterocycles. The van der Waals surface area contributed by atoms with Crippen LogP contribution in [0.25, 0.3) is 16.6 Å². The van der Waals surface area contributed by atoms with Crippen molar-refractivity contribution in [3.8, 4) is 5.69 Å². The Morgan fingerprint density at radius 3 is 2.85 bits per heavy atom. The minimum Gasteiger partial charge on any atom is -0.324 e. The molecule has 0 atom stereocenters. The fourth-order valence-electron chi connectivity index (χ4n) is 2.50. The molecule has 0 spiro atoms. The summed E-state index contributed by atoms with van der Waals surface area (Å²) >= 11 is 6.07. The molecule has 0 saturated heterocycles. The maximum absolute atomic E-state index is 14.2. The zero-order valence-corrected chi connectivity index (χ0v) is 14.1. The Labute approximate surface area is 151 Å². The maximum atomic E-state index is 14.2. The number of hydrogen-bond donors (Lipinski definition) is 1. The van der Waals surface area contributed by atoms with E-state index in [4.69, 9.17) is 11.6 Å². The number of hydrogen-bond acceptors (Lipinski definition) is 5. The minimum atomic E-state index is -0.637. The topological polar surface area (TPSA) is 68.5 Å². The summed E-state index contributed by atoms with van der Waals surface area (Å²) in [5.74, 6) is 0.0554. The summed E-state index contributed by atoms with van der Waals surface area (Å²) in [5.41, 5.74) is 0.0542. The summed E-state index contributed by atoms with van der Waals surface area (Å²) in [6.45, 7) is 1.72. The molecule has 0 aliphatic carbocycles. The van der Waals surface area contributed by atoms with Gasteiger partial charge in [-0.1, -0.05) is 17.7 Å². The number of anilines is 2. The number of aromatic nitrogens is 5. The molecule has 1 N–H and O–H groups in total. The van der Waals surface area contributed by atoms with E-state index in [1.807, 2.05) is 0 Å². The van der Waals surface area contributed by atoms with Crippen LogP contribution in [0, 0.1) is 24.8 Å². The second kappa shape index (κ2) is 6.30. The van der Waals surface area contributed by atoms with Gasteiger partial charge in [0.05, 0.1) is 22.8 Å². The van der Waals surface area contributed by atoms with Crippen molar-refractivity contribution in [2.24, 2.45) is 0 Å². The van der Waals surface area contributed by atoms with Crippen LogP contribution in [0.1, 0.15) is 5.82 Å². The third-order valence-corrected chi connectivity index (χ3v) is 3.93. The van der Waals surface area contributed by atoms with Gasteiger partial charge in [0.2, 0.25) is 0 Å². The molecular formula is C17H10ClF2N6. The predicted octanol–water partition coefficient (Wildman–Crippen LogP) is 3.99. The van der Waals surface area contributed by atoms with Crippen molar-refractivity contribution in [1.82, 2.24) is 24.7 Å². The van der Waals surface area contributed by atoms with E-state index in [2.05, 4.69) is 31.6 Å². The second-order valence-corrected chi connectivity index (χ2v) is 5.82. The van der Waals surface area contributed by atoms with Crippen molar-refractivity contribution in [3.63, 3.8) is 0 Å². The molecule has 4 rings (SSSR count). The normalized spacial score (nSPS) is 11.1. The average molecular weight is 372 g/mol. The first kappa shape index (κ1) is 16.3. The zero-order valence-electron chi connectivity index (χ0n) is 13.3. The molecule has 3 aromatic heterocycles. The van der Waals surface area contributed by atoms with E-state index >= 15 is 0 Å². The Morgan fingerprint density at radius 1 is 1.23 bits per heavy atom. The third-order valence-electron chi connectivity index (χ3n) is 3.63. The van der Waals surface area contributed by atoms with Crippen LogP contribution in [-0.4, -0.2) is 24.7 Å². The number of fused-ring (bicyclic) bond motifs is 1. The number of nitrogens with one attached hydrogen (secondary N) is 1. The van der Waals surface area contributed by atoms with Gasteiger partial charge in [-0.25, -0.2) is 28.4 Å². The molecule has 0 amide bonds. The molecule has 1 radical (unpaired) electrons. The Bertz CT molecular complexity index is 1110. The van der Waals surface area contributed by atoms with Crippen LogP contribution >= 0.6 is 11.6 Å². The van der Waals surface area contributed by atoms with Crippen molar-refractivity contribution >= 4 is 34.1 Å². The van der Waals surface area contributed by atoms with Gasteiger partial charge in [-0.2, -0.15) is 5.10 Å². The lowest BCUT2D eigenvalue weighted by molar-refractivity contribution is 0.608. The van der Waals surface area contributed by atoms with Gasteiger partial charge in [0, 0.05) is 12.3 Å². The van der Waals surface area contributed by atoms with E-state index in [0.29, 0.717) is 22.8 Å². The maximum Gasteiger partial charge on any atom is 0.169 e.